The van der Waals surface area contributed by atoms with Crippen LogP contribution in [0.25, 0.3) is 0 Å². The second-order valence-corrected chi connectivity index (χ2v) is 5.40. The van der Waals surface area contributed by atoms with Gasteiger partial charge in [0.25, 0.3) is 0 Å². The third-order valence-corrected chi connectivity index (χ3v) is 3.60. The molecule has 0 aromatic carbocycles. The summed E-state index contributed by atoms with van der Waals surface area (Å²) >= 11 is 0. The molecule has 0 saturated carbocycles. The second kappa shape index (κ2) is 5.04. The fraction of sp³-hybridized carbons (Fsp3) is 0.500. The Bertz CT molecular complexity index is 390. The number of hydrogen-bond acceptors (Lipinski definition) is 5. The second-order valence-electron chi connectivity index (χ2n) is 3.10. The summed E-state index contributed by atoms with van der Waals surface area (Å²) in [6.45, 7) is 0.296. The average molecular weight is 230 g/mol. The van der Waals surface area contributed by atoms with E-state index < -0.39 is 10.0 Å². The van der Waals surface area contributed by atoms with E-state index in [0.29, 0.717) is 12.5 Å². The molecule has 1 aromatic heterocycles. The van der Waals surface area contributed by atoms with Crippen LogP contribution in [0.3, 0.4) is 0 Å². The van der Waals surface area contributed by atoms with Crippen molar-refractivity contribution >= 4 is 16.0 Å². The minimum Gasteiger partial charge on any atom is -0.353 e. The van der Waals surface area contributed by atoms with Crippen LogP contribution in [0.15, 0.2) is 18.5 Å². The molecule has 6 nitrogen and oxygen atoms in total. The lowest BCUT2D eigenvalue weighted by Gasteiger charge is -2.11. The fourth-order valence-corrected chi connectivity index (χ4v) is 1.59. The first-order valence-corrected chi connectivity index (χ1v) is 6.04. The Balaban J connectivity index is 2.41. The molecule has 0 radical (unpaired) electrons. The van der Waals surface area contributed by atoms with Gasteiger partial charge in [0.1, 0.15) is 0 Å². The van der Waals surface area contributed by atoms with Crippen LogP contribution in [0.1, 0.15) is 0 Å². The maximum Gasteiger partial charge on any atom is 0.222 e. The molecule has 1 rings (SSSR count). The molecule has 0 aliphatic carbocycles. The minimum atomic E-state index is -3.15. The van der Waals surface area contributed by atoms with Crippen molar-refractivity contribution in [2.24, 2.45) is 0 Å². The average Bonchev–Trinajstić information content (AvgIpc) is 2.19. The monoisotopic (exact) mass is 230 g/mol. The fourth-order valence-electron chi connectivity index (χ4n) is 0.865. The van der Waals surface area contributed by atoms with E-state index in [9.17, 15) is 8.42 Å². The van der Waals surface area contributed by atoms with Gasteiger partial charge < -0.3 is 5.32 Å². The van der Waals surface area contributed by atoms with Crippen molar-refractivity contribution in [1.82, 2.24) is 14.3 Å². The van der Waals surface area contributed by atoms with Crippen LogP contribution >= 0.6 is 0 Å². The Morgan fingerprint density at radius 3 is 2.47 bits per heavy atom. The molecule has 15 heavy (non-hydrogen) atoms. The summed E-state index contributed by atoms with van der Waals surface area (Å²) in [5, 5.41) is 2.83. The van der Waals surface area contributed by atoms with Gasteiger partial charge in [0.05, 0.1) is 5.75 Å². The Morgan fingerprint density at radius 1 is 1.33 bits per heavy atom. The highest BCUT2D eigenvalue weighted by Crippen LogP contribution is 1.96. The lowest BCUT2D eigenvalue weighted by atomic mass is 10.6. The van der Waals surface area contributed by atoms with E-state index in [2.05, 4.69) is 15.3 Å². The molecule has 1 N–H and O–H groups in total. The van der Waals surface area contributed by atoms with Crippen LogP contribution in [0.5, 0.6) is 0 Å². The summed E-state index contributed by atoms with van der Waals surface area (Å²) in [5.41, 5.74) is 0. The number of hydrogen-bond donors (Lipinski definition) is 1. The predicted molar refractivity (Wildman–Crippen MR) is 58.0 cm³/mol. The highest BCUT2D eigenvalue weighted by molar-refractivity contribution is 7.89. The van der Waals surface area contributed by atoms with Gasteiger partial charge in [-0.15, -0.1) is 0 Å². The van der Waals surface area contributed by atoms with Gasteiger partial charge in [0, 0.05) is 33.0 Å². The van der Waals surface area contributed by atoms with Gasteiger partial charge in [-0.1, -0.05) is 0 Å². The van der Waals surface area contributed by atoms with E-state index in [-0.39, 0.29) is 5.75 Å². The van der Waals surface area contributed by atoms with Gasteiger partial charge in [-0.3, -0.25) is 0 Å². The number of sulfonamides is 1. The van der Waals surface area contributed by atoms with Gasteiger partial charge in [-0.2, -0.15) is 0 Å². The molecule has 0 spiro atoms. The molecule has 0 amide bonds. The van der Waals surface area contributed by atoms with Crippen LogP contribution < -0.4 is 5.32 Å². The summed E-state index contributed by atoms with van der Waals surface area (Å²) < 4.78 is 23.9. The molecular weight excluding hydrogens is 216 g/mol. The van der Waals surface area contributed by atoms with Gasteiger partial charge >= 0.3 is 0 Å². The van der Waals surface area contributed by atoms with Crippen LogP contribution in [-0.2, 0) is 10.0 Å². The first-order valence-electron chi connectivity index (χ1n) is 4.43. The normalized spacial score (nSPS) is 11.7. The van der Waals surface area contributed by atoms with E-state index in [4.69, 9.17) is 0 Å². The van der Waals surface area contributed by atoms with Gasteiger partial charge in [0.15, 0.2) is 0 Å². The number of nitrogens with one attached hydrogen (secondary N) is 1. The van der Waals surface area contributed by atoms with Crippen molar-refractivity contribution in [2.75, 3.05) is 31.7 Å². The Labute approximate surface area is 89.4 Å². The summed E-state index contributed by atoms with van der Waals surface area (Å²) in [6, 6.07) is 1.70. The summed E-state index contributed by atoms with van der Waals surface area (Å²) in [6.07, 6.45) is 3.19. The first-order chi connectivity index (χ1) is 7.02. The van der Waals surface area contributed by atoms with Crippen LogP contribution in [-0.4, -0.2) is 49.1 Å². The molecule has 0 aliphatic rings. The van der Waals surface area contributed by atoms with E-state index in [1.807, 2.05) is 0 Å². The Morgan fingerprint density at radius 2 is 1.93 bits per heavy atom. The van der Waals surface area contributed by atoms with Crippen LogP contribution in [0, 0.1) is 0 Å². The molecular formula is C8H14N4O2S. The van der Waals surface area contributed by atoms with Crippen molar-refractivity contribution in [2.45, 2.75) is 0 Å². The van der Waals surface area contributed by atoms with E-state index in [1.165, 1.54) is 18.4 Å². The zero-order valence-corrected chi connectivity index (χ0v) is 9.53. The SMILES string of the molecule is CN(C)S(=O)(=O)CCNc1ncccn1. The maximum absolute atomic E-state index is 11.4. The standard InChI is InChI=1S/C8H14N4O2S/c1-12(2)15(13,14)7-6-11-8-9-4-3-5-10-8/h3-5H,6-7H2,1-2H3,(H,9,10,11). The van der Waals surface area contributed by atoms with E-state index in [0.717, 1.165) is 0 Å². The van der Waals surface area contributed by atoms with Crippen molar-refractivity contribution in [3.63, 3.8) is 0 Å². The van der Waals surface area contributed by atoms with Gasteiger partial charge in [0.2, 0.25) is 16.0 Å². The van der Waals surface area contributed by atoms with Crippen molar-refractivity contribution in [1.29, 1.82) is 0 Å². The third-order valence-electron chi connectivity index (χ3n) is 1.77. The maximum atomic E-state index is 11.4. The third kappa shape index (κ3) is 3.80. The zero-order valence-electron chi connectivity index (χ0n) is 8.71. The molecule has 0 unspecified atom stereocenters. The zero-order chi connectivity index (χ0) is 11.3. The molecule has 0 bridgehead atoms. The van der Waals surface area contributed by atoms with E-state index >= 15 is 0 Å². The Kier molecular flexibility index (Phi) is 3.98. The number of aromatic nitrogens is 2. The molecule has 0 aliphatic heterocycles. The highest BCUT2D eigenvalue weighted by atomic mass is 32.2. The molecule has 0 fully saturated rings. The quantitative estimate of drug-likeness (QED) is 0.757. The van der Waals surface area contributed by atoms with Crippen LogP contribution in [0.4, 0.5) is 5.95 Å². The molecule has 7 heteroatoms. The lowest BCUT2D eigenvalue weighted by Crippen LogP contribution is -2.28. The number of anilines is 1. The van der Waals surface area contributed by atoms with E-state index in [1.54, 1.807) is 18.5 Å². The molecule has 0 atom stereocenters. The first kappa shape index (κ1) is 11.9. The van der Waals surface area contributed by atoms with Crippen molar-refractivity contribution < 1.29 is 8.42 Å². The predicted octanol–water partition coefficient (Wildman–Crippen LogP) is -0.220. The topological polar surface area (TPSA) is 75.2 Å². The smallest absolute Gasteiger partial charge is 0.222 e. The number of rotatable bonds is 5. The summed E-state index contributed by atoms with van der Waals surface area (Å²) in [4.78, 5) is 7.83. The molecule has 1 heterocycles. The van der Waals surface area contributed by atoms with Crippen molar-refractivity contribution in [3.05, 3.63) is 18.5 Å². The van der Waals surface area contributed by atoms with Gasteiger partial charge in [-0.05, 0) is 6.07 Å². The molecule has 1 aromatic rings. The molecule has 0 saturated heterocycles. The Hall–Kier alpha value is -1.21. The molecule has 84 valence electrons. The lowest BCUT2D eigenvalue weighted by molar-refractivity contribution is 0.521. The minimum absolute atomic E-state index is 0.0260. The van der Waals surface area contributed by atoms with Crippen LogP contribution in [0.2, 0.25) is 0 Å². The summed E-state index contributed by atoms with van der Waals surface area (Å²) in [5.74, 6) is 0.463. The summed E-state index contributed by atoms with van der Waals surface area (Å²) in [7, 11) is -0.136. The highest BCUT2D eigenvalue weighted by Gasteiger charge is 2.12. The van der Waals surface area contributed by atoms with Gasteiger partial charge in [-0.25, -0.2) is 22.7 Å². The largest absolute Gasteiger partial charge is 0.353 e. The van der Waals surface area contributed by atoms with Crippen molar-refractivity contribution in [3.8, 4) is 0 Å². The number of nitrogens with zero attached hydrogens (tertiary/aromatic N) is 3.